The van der Waals surface area contributed by atoms with E-state index in [4.69, 9.17) is 5.73 Å². The number of hydrogen-bond acceptors (Lipinski definition) is 2. The predicted octanol–water partition coefficient (Wildman–Crippen LogP) is 3.11. The fourth-order valence-electron chi connectivity index (χ4n) is 2.70. The monoisotopic (exact) mass is 264 g/mol. The number of nitrogen functional groups attached to an aromatic ring is 1. The Labute approximate surface area is 113 Å². The summed E-state index contributed by atoms with van der Waals surface area (Å²) in [6.45, 7) is 2.21. The van der Waals surface area contributed by atoms with Gasteiger partial charge in [0.05, 0.1) is 5.56 Å². The fourth-order valence-corrected chi connectivity index (χ4v) is 2.70. The highest BCUT2D eigenvalue weighted by molar-refractivity contribution is 5.99. The summed E-state index contributed by atoms with van der Waals surface area (Å²) in [7, 11) is 0. The summed E-state index contributed by atoms with van der Waals surface area (Å²) in [5.74, 6) is 0.0818. The maximum atomic E-state index is 13.1. The van der Waals surface area contributed by atoms with Crippen molar-refractivity contribution in [3.63, 3.8) is 0 Å². The summed E-state index contributed by atoms with van der Waals surface area (Å²) in [5.41, 5.74) is 6.27. The van der Waals surface area contributed by atoms with Gasteiger partial charge in [-0.2, -0.15) is 0 Å². The molecule has 1 aliphatic rings. The van der Waals surface area contributed by atoms with Gasteiger partial charge >= 0.3 is 0 Å². The van der Waals surface area contributed by atoms with E-state index in [1.54, 1.807) is 0 Å². The van der Waals surface area contributed by atoms with Crippen LogP contribution in [0.4, 0.5) is 10.1 Å². The van der Waals surface area contributed by atoms with Crippen LogP contribution in [0.25, 0.3) is 0 Å². The van der Waals surface area contributed by atoms with Crippen LogP contribution in [-0.4, -0.2) is 11.9 Å². The molecule has 1 fully saturated rings. The zero-order chi connectivity index (χ0) is 13.8. The lowest BCUT2D eigenvalue weighted by Gasteiger charge is -2.28. The number of carbonyl (C=O) groups excluding carboxylic acids is 1. The molecule has 3 nitrogen and oxygen atoms in total. The molecule has 1 amide bonds. The zero-order valence-corrected chi connectivity index (χ0v) is 11.3. The minimum atomic E-state index is -0.436. The topological polar surface area (TPSA) is 55.1 Å². The van der Waals surface area contributed by atoms with Crippen molar-refractivity contribution < 1.29 is 9.18 Å². The van der Waals surface area contributed by atoms with Gasteiger partial charge in [-0.15, -0.1) is 0 Å². The average molecular weight is 264 g/mol. The molecule has 1 aliphatic carbocycles. The molecule has 104 valence electrons. The Hall–Kier alpha value is -1.58. The number of benzene rings is 1. The number of halogens is 1. The van der Waals surface area contributed by atoms with Gasteiger partial charge in [-0.05, 0) is 49.8 Å². The van der Waals surface area contributed by atoms with E-state index in [1.807, 2.05) is 0 Å². The van der Waals surface area contributed by atoms with Crippen LogP contribution in [0.1, 0.15) is 49.4 Å². The highest BCUT2D eigenvalue weighted by Gasteiger charge is 2.22. The Morgan fingerprint density at radius 3 is 2.68 bits per heavy atom. The predicted molar refractivity (Wildman–Crippen MR) is 74.3 cm³/mol. The molecule has 0 radical (unpaired) electrons. The first kappa shape index (κ1) is 13.8. The van der Waals surface area contributed by atoms with Crippen LogP contribution in [0.3, 0.4) is 0 Å². The third kappa shape index (κ3) is 3.46. The first-order valence-electron chi connectivity index (χ1n) is 6.96. The molecule has 0 spiro atoms. The highest BCUT2D eigenvalue weighted by Crippen LogP contribution is 2.26. The van der Waals surface area contributed by atoms with Crippen molar-refractivity contribution in [1.29, 1.82) is 0 Å². The normalized spacial score (nSPS) is 23.1. The van der Waals surface area contributed by atoms with Crippen molar-refractivity contribution in [3.8, 4) is 0 Å². The summed E-state index contributed by atoms with van der Waals surface area (Å²) in [4.78, 5) is 12.1. The molecule has 1 saturated carbocycles. The quantitative estimate of drug-likeness (QED) is 0.824. The summed E-state index contributed by atoms with van der Waals surface area (Å²) in [6, 6.07) is 4.08. The van der Waals surface area contributed by atoms with Gasteiger partial charge in [0.2, 0.25) is 0 Å². The fraction of sp³-hybridized carbons (Fsp3) is 0.533. The summed E-state index contributed by atoms with van der Waals surface area (Å²) >= 11 is 0. The molecule has 0 aromatic heterocycles. The molecule has 1 aromatic rings. The largest absolute Gasteiger partial charge is 0.398 e. The highest BCUT2D eigenvalue weighted by atomic mass is 19.1. The van der Waals surface area contributed by atoms with Gasteiger partial charge in [-0.3, -0.25) is 4.79 Å². The molecule has 0 heterocycles. The maximum Gasteiger partial charge on any atom is 0.253 e. The Morgan fingerprint density at radius 2 is 2.05 bits per heavy atom. The second-order valence-corrected chi connectivity index (χ2v) is 5.33. The van der Waals surface area contributed by atoms with Crippen LogP contribution in [-0.2, 0) is 0 Å². The molecule has 0 aliphatic heterocycles. The molecular weight excluding hydrogens is 243 g/mol. The summed E-state index contributed by atoms with van der Waals surface area (Å²) < 4.78 is 13.1. The van der Waals surface area contributed by atoms with E-state index in [0.717, 1.165) is 31.6 Å². The SMILES string of the molecule is CCC1CCC(NC(=O)c2cc(F)ccc2N)CC1. The summed E-state index contributed by atoms with van der Waals surface area (Å²) in [5, 5.41) is 2.96. The lowest BCUT2D eigenvalue weighted by molar-refractivity contribution is 0.0922. The Kier molecular flexibility index (Phi) is 4.40. The number of nitrogens with two attached hydrogens (primary N) is 1. The second-order valence-electron chi connectivity index (χ2n) is 5.33. The van der Waals surface area contributed by atoms with Crippen LogP contribution in [0.15, 0.2) is 18.2 Å². The molecule has 0 unspecified atom stereocenters. The van der Waals surface area contributed by atoms with Gasteiger partial charge in [0.15, 0.2) is 0 Å². The lowest BCUT2D eigenvalue weighted by Crippen LogP contribution is -2.37. The molecule has 1 aromatic carbocycles. The van der Waals surface area contributed by atoms with Gasteiger partial charge in [0.1, 0.15) is 5.82 Å². The maximum absolute atomic E-state index is 13.1. The van der Waals surface area contributed by atoms with Crippen LogP contribution >= 0.6 is 0 Å². The van der Waals surface area contributed by atoms with Crippen molar-refractivity contribution in [2.45, 2.75) is 45.1 Å². The van der Waals surface area contributed by atoms with Crippen molar-refractivity contribution in [3.05, 3.63) is 29.6 Å². The molecule has 4 heteroatoms. The Bertz CT molecular complexity index is 453. The van der Waals surface area contributed by atoms with E-state index in [2.05, 4.69) is 12.2 Å². The van der Waals surface area contributed by atoms with E-state index in [-0.39, 0.29) is 17.5 Å². The lowest BCUT2D eigenvalue weighted by atomic mass is 9.84. The smallest absolute Gasteiger partial charge is 0.253 e. The van der Waals surface area contributed by atoms with Crippen molar-refractivity contribution in [2.75, 3.05) is 5.73 Å². The zero-order valence-electron chi connectivity index (χ0n) is 11.3. The number of amides is 1. The van der Waals surface area contributed by atoms with Crippen LogP contribution < -0.4 is 11.1 Å². The van der Waals surface area contributed by atoms with Crippen molar-refractivity contribution in [2.24, 2.45) is 5.92 Å². The van der Waals surface area contributed by atoms with E-state index < -0.39 is 5.82 Å². The number of nitrogens with one attached hydrogen (secondary N) is 1. The number of hydrogen-bond donors (Lipinski definition) is 2. The number of anilines is 1. The first-order chi connectivity index (χ1) is 9.10. The molecule has 0 bridgehead atoms. The van der Waals surface area contributed by atoms with Crippen LogP contribution in [0.2, 0.25) is 0 Å². The van der Waals surface area contributed by atoms with Crippen molar-refractivity contribution >= 4 is 11.6 Å². The minimum Gasteiger partial charge on any atom is -0.398 e. The Morgan fingerprint density at radius 1 is 1.37 bits per heavy atom. The van der Waals surface area contributed by atoms with Gasteiger partial charge in [0, 0.05) is 11.7 Å². The van der Waals surface area contributed by atoms with E-state index in [1.165, 1.54) is 24.6 Å². The first-order valence-corrected chi connectivity index (χ1v) is 6.96. The van der Waals surface area contributed by atoms with Gasteiger partial charge < -0.3 is 11.1 Å². The van der Waals surface area contributed by atoms with E-state index in [0.29, 0.717) is 5.69 Å². The van der Waals surface area contributed by atoms with Gasteiger partial charge in [-0.1, -0.05) is 13.3 Å². The van der Waals surface area contributed by atoms with Gasteiger partial charge in [-0.25, -0.2) is 4.39 Å². The third-order valence-electron chi connectivity index (χ3n) is 4.02. The van der Waals surface area contributed by atoms with Crippen LogP contribution in [0.5, 0.6) is 0 Å². The molecule has 3 N–H and O–H groups in total. The van der Waals surface area contributed by atoms with Crippen molar-refractivity contribution in [1.82, 2.24) is 5.32 Å². The standard InChI is InChI=1S/C15H21FN2O/c1-2-10-3-6-12(7-4-10)18-15(19)13-9-11(16)5-8-14(13)17/h5,8-10,12H,2-4,6-7,17H2,1H3,(H,18,19). The molecule has 19 heavy (non-hydrogen) atoms. The number of rotatable bonds is 3. The minimum absolute atomic E-state index is 0.193. The van der Waals surface area contributed by atoms with E-state index >= 15 is 0 Å². The molecule has 2 rings (SSSR count). The third-order valence-corrected chi connectivity index (χ3v) is 4.02. The average Bonchev–Trinajstić information content (AvgIpc) is 2.42. The molecular formula is C15H21FN2O. The Balaban J connectivity index is 1.96. The molecule has 0 atom stereocenters. The number of carbonyl (C=O) groups is 1. The van der Waals surface area contributed by atoms with Gasteiger partial charge in [0.25, 0.3) is 5.91 Å². The van der Waals surface area contributed by atoms with Crippen LogP contribution in [0, 0.1) is 11.7 Å². The second kappa shape index (κ2) is 6.04. The summed E-state index contributed by atoms with van der Waals surface area (Å²) in [6.07, 6.45) is 5.51. The van der Waals surface area contributed by atoms with E-state index in [9.17, 15) is 9.18 Å². The molecule has 0 saturated heterocycles.